The maximum atomic E-state index is 12.0. The van der Waals surface area contributed by atoms with Crippen LogP contribution in [0.4, 0.5) is 0 Å². The lowest BCUT2D eigenvalue weighted by Crippen LogP contribution is -2.37. The molecule has 0 bridgehead atoms. The minimum Gasteiger partial charge on any atom is -0.508 e. The molecule has 44 heavy (non-hydrogen) atoms. The van der Waals surface area contributed by atoms with Gasteiger partial charge in [0, 0.05) is 41.3 Å². The Kier molecular flexibility index (Phi) is 6.94. The van der Waals surface area contributed by atoms with Crippen molar-refractivity contribution in [1.82, 2.24) is 0 Å². The number of rotatable bonds is 3. The number of benzene rings is 4. The Bertz CT molecular complexity index is 1770. The summed E-state index contributed by atoms with van der Waals surface area (Å²) < 4.78 is 12.5. The van der Waals surface area contributed by atoms with E-state index in [9.17, 15) is 40.9 Å². The molecule has 0 saturated carbocycles. The average molecular weight is 603 g/mol. The van der Waals surface area contributed by atoms with Gasteiger partial charge in [-0.05, 0) is 85.3 Å². The van der Waals surface area contributed by atoms with Gasteiger partial charge in [-0.1, -0.05) is 0 Å². The summed E-state index contributed by atoms with van der Waals surface area (Å²) in [6.45, 7) is 6.85. The average Bonchev–Trinajstić information content (AvgIpc) is 2.95. The smallest absolute Gasteiger partial charge is 0.150 e. The number of aliphatic hydroxyl groups is 2. The maximum Gasteiger partial charge on any atom is 0.150 e. The molecule has 230 valence electrons. The Morgan fingerprint density at radius 1 is 0.591 bits per heavy atom. The molecule has 6 rings (SSSR count). The quantitative estimate of drug-likeness (QED) is 0.162. The summed E-state index contributed by atoms with van der Waals surface area (Å²) in [4.78, 5) is 0. The second-order valence-electron chi connectivity index (χ2n) is 11.8. The van der Waals surface area contributed by atoms with Crippen molar-refractivity contribution in [2.75, 3.05) is 0 Å². The summed E-state index contributed by atoms with van der Waals surface area (Å²) >= 11 is 0. The SMILES string of the molecule is Cc1cc(C2Oc3c(c(O)cc(O)c3C3c4c(O)cc(O)cc4OC(c4cc(C)c(O)c(C)c4)C3O)CC2O)cc(C)c1O. The van der Waals surface area contributed by atoms with Gasteiger partial charge >= 0.3 is 0 Å². The van der Waals surface area contributed by atoms with E-state index >= 15 is 0 Å². The molecule has 0 fully saturated rings. The minimum atomic E-state index is -1.45. The van der Waals surface area contributed by atoms with Gasteiger partial charge in [0.1, 0.15) is 58.2 Å². The fraction of sp³-hybridized carbons (Fsp3) is 0.294. The third kappa shape index (κ3) is 4.58. The van der Waals surface area contributed by atoms with Crippen LogP contribution in [0.5, 0.6) is 46.0 Å². The van der Waals surface area contributed by atoms with E-state index in [-0.39, 0.29) is 57.6 Å². The van der Waals surface area contributed by atoms with Gasteiger partial charge in [0.25, 0.3) is 0 Å². The van der Waals surface area contributed by atoms with Crippen LogP contribution >= 0.6 is 0 Å². The van der Waals surface area contributed by atoms with E-state index in [0.29, 0.717) is 33.4 Å². The standard InChI is InChI=1S/C34H34O10/c1-13-5-17(6-14(2)29(13)40)32-24(39)11-20-21(36)12-23(38)27(34(20)44-32)28-26-22(37)9-19(35)10-25(26)43-33(31(28)42)18-7-15(3)30(41)16(4)8-18/h5-10,12,24,28,31-33,35-42H,11H2,1-4H3. The normalized spacial score (nSPS) is 22.5. The van der Waals surface area contributed by atoms with E-state index in [1.54, 1.807) is 52.0 Å². The third-order valence-electron chi connectivity index (χ3n) is 8.70. The van der Waals surface area contributed by atoms with Gasteiger partial charge in [0.05, 0.1) is 12.0 Å². The lowest BCUT2D eigenvalue weighted by Gasteiger charge is -2.40. The van der Waals surface area contributed by atoms with Crippen molar-refractivity contribution in [2.45, 2.75) is 64.4 Å². The minimum absolute atomic E-state index is 0.0161. The number of hydrogen-bond donors (Lipinski definition) is 8. The van der Waals surface area contributed by atoms with Gasteiger partial charge in [-0.15, -0.1) is 0 Å². The molecule has 5 unspecified atom stereocenters. The predicted octanol–water partition coefficient (Wildman–Crippen LogP) is 4.82. The number of aryl methyl sites for hydroxylation is 4. The van der Waals surface area contributed by atoms with Crippen molar-refractivity contribution in [1.29, 1.82) is 0 Å². The van der Waals surface area contributed by atoms with E-state index in [2.05, 4.69) is 0 Å². The van der Waals surface area contributed by atoms with Crippen molar-refractivity contribution in [3.63, 3.8) is 0 Å². The highest BCUT2D eigenvalue weighted by Crippen LogP contribution is 2.57. The maximum absolute atomic E-state index is 12.0. The van der Waals surface area contributed by atoms with Gasteiger partial charge in [-0.2, -0.15) is 0 Å². The zero-order valence-electron chi connectivity index (χ0n) is 24.5. The van der Waals surface area contributed by atoms with E-state index in [1.165, 1.54) is 6.07 Å². The summed E-state index contributed by atoms with van der Waals surface area (Å²) in [5.41, 5.74) is 3.59. The zero-order valence-corrected chi connectivity index (χ0v) is 24.5. The highest BCUT2D eigenvalue weighted by molar-refractivity contribution is 5.66. The molecule has 5 atom stereocenters. The largest absolute Gasteiger partial charge is 0.508 e. The Balaban J connectivity index is 1.56. The molecule has 10 nitrogen and oxygen atoms in total. The summed E-state index contributed by atoms with van der Waals surface area (Å²) in [5.74, 6) is -2.39. The summed E-state index contributed by atoms with van der Waals surface area (Å²) in [5, 5.41) is 87.4. The Labute approximate surface area is 253 Å². The summed E-state index contributed by atoms with van der Waals surface area (Å²) in [6, 6.07) is 10.2. The number of aliphatic hydroxyl groups excluding tert-OH is 2. The third-order valence-corrected chi connectivity index (χ3v) is 8.70. The molecule has 10 heteroatoms. The Morgan fingerprint density at radius 3 is 1.68 bits per heavy atom. The molecule has 0 radical (unpaired) electrons. The first-order valence-electron chi connectivity index (χ1n) is 14.2. The highest BCUT2D eigenvalue weighted by Gasteiger charge is 2.46. The molecule has 8 N–H and O–H groups in total. The molecule has 2 heterocycles. The van der Waals surface area contributed by atoms with Gasteiger partial charge < -0.3 is 50.3 Å². The number of aromatic hydroxyl groups is 6. The molecule has 0 aromatic heterocycles. The lowest BCUT2D eigenvalue weighted by atomic mass is 9.77. The zero-order chi connectivity index (χ0) is 31.8. The molecule has 0 spiro atoms. The Hall–Kier alpha value is -4.80. The monoisotopic (exact) mass is 602 g/mol. The van der Waals surface area contributed by atoms with Crippen LogP contribution in [0.15, 0.2) is 42.5 Å². The summed E-state index contributed by atoms with van der Waals surface area (Å²) in [7, 11) is 0. The van der Waals surface area contributed by atoms with E-state index < -0.39 is 41.8 Å². The van der Waals surface area contributed by atoms with Crippen molar-refractivity contribution in [3.8, 4) is 46.0 Å². The number of hydrogen-bond acceptors (Lipinski definition) is 10. The Morgan fingerprint density at radius 2 is 1.11 bits per heavy atom. The molecular formula is C34H34O10. The first-order chi connectivity index (χ1) is 20.8. The van der Waals surface area contributed by atoms with Crippen LogP contribution in [0.2, 0.25) is 0 Å². The second kappa shape index (κ2) is 10.4. The van der Waals surface area contributed by atoms with Crippen LogP contribution in [-0.2, 0) is 6.42 Å². The first-order valence-corrected chi connectivity index (χ1v) is 14.2. The number of fused-ring (bicyclic) bond motifs is 2. The molecule has 4 aromatic rings. The predicted molar refractivity (Wildman–Crippen MR) is 159 cm³/mol. The van der Waals surface area contributed by atoms with E-state index in [4.69, 9.17) is 9.47 Å². The molecule has 0 aliphatic carbocycles. The van der Waals surface area contributed by atoms with Crippen LogP contribution in [-0.4, -0.2) is 53.1 Å². The lowest BCUT2D eigenvalue weighted by molar-refractivity contribution is 0.00119. The van der Waals surface area contributed by atoms with Crippen LogP contribution < -0.4 is 9.47 Å². The van der Waals surface area contributed by atoms with Crippen LogP contribution in [0.1, 0.15) is 68.2 Å². The van der Waals surface area contributed by atoms with Gasteiger partial charge in [-0.3, -0.25) is 0 Å². The molecule has 2 aliphatic rings. The highest BCUT2D eigenvalue weighted by atomic mass is 16.5. The summed E-state index contributed by atoms with van der Waals surface area (Å²) in [6.07, 6.45) is -4.67. The fourth-order valence-corrected chi connectivity index (χ4v) is 6.58. The molecule has 4 aromatic carbocycles. The van der Waals surface area contributed by atoms with Crippen molar-refractivity contribution in [2.24, 2.45) is 0 Å². The van der Waals surface area contributed by atoms with Gasteiger partial charge in [0.15, 0.2) is 6.10 Å². The first kappa shape index (κ1) is 29.3. The number of phenolic OH excluding ortho intramolecular Hbond substituents is 6. The van der Waals surface area contributed by atoms with Crippen LogP contribution in [0, 0.1) is 27.7 Å². The molecule has 2 aliphatic heterocycles. The van der Waals surface area contributed by atoms with Crippen molar-refractivity contribution < 1.29 is 50.3 Å². The molecule has 0 saturated heterocycles. The van der Waals surface area contributed by atoms with E-state index in [1.807, 2.05) is 0 Å². The van der Waals surface area contributed by atoms with Crippen LogP contribution in [0.25, 0.3) is 0 Å². The molecule has 0 amide bonds. The van der Waals surface area contributed by atoms with Crippen LogP contribution in [0.3, 0.4) is 0 Å². The van der Waals surface area contributed by atoms with E-state index in [0.717, 1.165) is 12.1 Å². The number of phenols is 6. The second-order valence-corrected chi connectivity index (χ2v) is 11.8. The van der Waals surface area contributed by atoms with Gasteiger partial charge in [-0.25, -0.2) is 0 Å². The molecular weight excluding hydrogens is 568 g/mol. The number of ether oxygens (including phenoxy) is 2. The van der Waals surface area contributed by atoms with Crippen molar-refractivity contribution in [3.05, 3.63) is 92.5 Å². The fourth-order valence-electron chi connectivity index (χ4n) is 6.58. The van der Waals surface area contributed by atoms with Crippen molar-refractivity contribution >= 4 is 0 Å². The van der Waals surface area contributed by atoms with Gasteiger partial charge in [0.2, 0.25) is 0 Å². The topological polar surface area (TPSA) is 180 Å².